The Morgan fingerprint density at radius 2 is 1.79 bits per heavy atom. The van der Waals surface area contributed by atoms with Crippen molar-refractivity contribution in [1.82, 2.24) is 10.2 Å². The number of aliphatic hydroxyl groups excluding tert-OH is 1. The van der Waals surface area contributed by atoms with Crippen LogP contribution in [0, 0.1) is 51.8 Å². The van der Waals surface area contributed by atoms with E-state index < -0.39 is 0 Å². The van der Waals surface area contributed by atoms with Gasteiger partial charge in [0.05, 0.1) is 0 Å². The van der Waals surface area contributed by atoms with Crippen molar-refractivity contribution in [3.8, 4) is 0 Å². The molecule has 8 atom stereocenters. The molecule has 0 spiro atoms. The van der Waals surface area contributed by atoms with Gasteiger partial charge in [-0.15, -0.1) is 0 Å². The van der Waals surface area contributed by atoms with E-state index in [-0.39, 0.29) is 42.4 Å². The van der Waals surface area contributed by atoms with Gasteiger partial charge < -0.3 is 20.1 Å². The number of hydrogen-bond acceptors (Lipinski definition) is 4. The number of hydrogen-bond donors (Lipinski definition) is 2. The normalized spacial score (nSPS) is 35.6. The monoisotopic (exact) mass is 656 g/mol. The number of unbranched alkanes of at least 4 members (excludes halogenated alkanes) is 2. The van der Waals surface area contributed by atoms with Gasteiger partial charge in [-0.3, -0.25) is 4.79 Å². The van der Waals surface area contributed by atoms with Crippen LogP contribution < -0.4 is 5.32 Å². The lowest BCUT2D eigenvalue weighted by Crippen LogP contribution is -2.51. The maximum atomic E-state index is 12.7. The second-order valence-electron chi connectivity index (χ2n) is 17.8. The van der Waals surface area contributed by atoms with E-state index in [4.69, 9.17) is 6.11 Å². The maximum Gasteiger partial charge on any atom is 0.407 e. The molecule has 47 heavy (non-hydrogen) atoms. The Morgan fingerprint density at radius 1 is 1.00 bits per heavy atom. The second-order valence-corrected chi connectivity index (χ2v) is 17.8. The van der Waals surface area contributed by atoms with Crippen molar-refractivity contribution in [2.45, 2.75) is 157 Å². The summed E-state index contributed by atoms with van der Waals surface area (Å²) in [5.41, 5.74) is 2.01. The molecule has 0 bridgehead atoms. The van der Waals surface area contributed by atoms with E-state index in [2.05, 4.69) is 46.0 Å². The quantitative estimate of drug-likeness (QED) is 0.153. The van der Waals surface area contributed by atoms with Gasteiger partial charge in [-0.1, -0.05) is 78.9 Å². The van der Waals surface area contributed by atoms with Gasteiger partial charge in [0.2, 0.25) is 5.91 Å². The molecular weight excluding hydrogens is 584 g/mol. The summed E-state index contributed by atoms with van der Waals surface area (Å²) >= 11 is 0. The maximum absolute atomic E-state index is 12.7. The predicted octanol–water partition coefficient (Wildman–Crippen LogP) is 9.30. The summed E-state index contributed by atoms with van der Waals surface area (Å²) in [6.45, 7) is 14.6. The second kappa shape index (κ2) is 15.5. The van der Waals surface area contributed by atoms with Gasteiger partial charge in [-0.05, 0) is 122 Å². The first-order valence-corrected chi connectivity index (χ1v) is 19.8. The minimum atomic E-state index is -0.326. The minimum Gasteiger partial charge on any atom is -0.446 e. The zero-order valence-corrected chi connectivity index (χ0v) is 30.8. The summed E-state index contributed by atoms with van der Waals surface area (Å²) in [6, 6.07) is 0. The number of likely N-dealkylation sites (tertiary alicyclic amines) is 1. The third kappa shape index (κ3) is 8.26. The van der Waals surface area contributed by atoms with Gasteiger partial charge in [0.15, 0.2) is 0 Å². The highest BCUT2D eigenvalue weighted by Gasteiger charge is 2.59. The molecule has 2 amide bonds. The summed E-state index contributed by atoms with van der Waals surface area (Å²) in [6.07, 6.45) is 20.7. The number of allylic oxidation sites excluding steroid dienone is 1. The Hall–Kier alpha value is -1.56. The van der Waals surface area contributed by atoms with E-state index in [0.717, 1.165) is 74.0 Å². The fourth-order valence-corrected chi connectivity index (χ4v) is 11.3. The molecule has 6 heteroatoms. The van der Waals surface area contributed by atoms with Crippen molar-refractivity contribution in [3.63, 3.8) is 0 Å². The van der Waals surface area contributed by atoms with Crippen LogP contribution in [0.3, 0.4) is 0 Å². The van der Waals surface area contributed by atoms with Crippen molar-refractivity contribution < 1.29 is 20.8 Å². The van der Waals surface area contributed by atoms with Gasteiger partial charge in [0, 0.05) is 40.5 Å². The molecule has 4 aliphatic carbocycles. The lowest BCUT2D eigenvalue weighted by Gasteiger charge is -2.58. The number of carbonyl (C=O) groups excluding carboxylic acids is 2. The average Bonchev–Trinajstić information content (AvgIpc) is 3.43. The molecule has 5 aliphatic rings. The highest BCUT2D eigenvalue weighted by molar-refractivity contribution is 5.76. The first kappa shape index (κ1) is 35.3. The number of ether oxygens (including phenoxy) is 1. The molecule has 1 heterocycles. The van der Waals surface area contributed by atoms with Crippen LogP contribution in [0.1, 0.15) is 152 Å². The van der Waals surface area contributed by atoms with Crippen molar-refractivity contribution >= 4 is 12.0 Å². The zero-order valence-electron chi connectivity index (χ0n) is 31.8. The van der Waals surface area contributed by atoms with Crippen molar-refractivity contribution in [3.05, 3.63) is 11.6 Å². The standard InChI is InChI=1S/C41H70N2O4/c1-29(2)11-10-12-30(3)34-16-17-35-33-15-14-31-27-32(18-20-40(31,5)36(33)19-21-41(34,35)6)47-38(46)42-24-9-7-8-13-37(45)43-25-22-39(4,28-44)23-26-43/h14,29-30,32-36,44H,7-13,15-28H2,1-6H3,(H,42,46)/t30-,32+,33+,34-,35+,36+,40+,41-/m1/s1/i4D. The van der Waals surface area contributed by atoms with Gasteiger partial charge in [0.25, 0.3) is 0 Å². The Bertz CT molecular complexity index is 1110. The van der Waals surface area contributed by atoms with E-state index in [1.165, 1.54) is 51.4 Å². The molecule has 1 saturated heterocycles. The van der Waals surface area contributed by atoms with E-state index in [9.17, 15) is 14.7 Å². The SMILES string of the molecule is [2H]CC1(CO)CCN(C(=O)CCCCCNC(=O)O[C@H]2CC[C@@]3(C)C(=CC[C@H]4[C@@H]5CC[C@H]([C@H](C)CCCC(C)C)[C@@]5(C)CC[C@@H]43)C2)CC1. The van der Waals surface area contributed by atoms with Gasteiger partial charge in [-0.2, -0.15) is 0 Å². The molecule has 4 fully saturated rings. The van der Waals surface area contributed by atoms with Crippen LogP contribution in [0.15, 0.2) is 11.6 Å². The summed E-state index contributed by atoms with van der Waals surface area (Å²) in [5.74, 6) is 5.19. The van der Waals surface area contributed by atoms with Gasteiger partial charge in [-0.25, -0.2) is 4.79 Å². The van der Waals surface area contributed by atoms with E-state index >= 15 is 0 Å². The van der Waals surface area contributed by atoms with Gasteiger partial charge in [0.1, 0.15) is 6.10 Å². The highest BCUT2D eigenvalue weighted by atomic mass is 16.6. The number of fused-ring (bicyclic) bond motifs is 5. The smallest absolute Gasteiger partial charge is 0.407 e. The Morgan fingerprint density at radius 3 is 2.51 bits per heavy atom. The lowest BCUT2D eigenvalue weighted by molar-refractivity contribution is -0.134. The molecule has 6 nitrogen and oxygen atoms in total. The molecule has 268 valence electrons. The van der Waals surface area contributed by atoms with E-state index in [1.807, 2.05) is 4.90 Å². The van der Waals surface area contributed by atoms with Crippen molar-refractivity contribution in [2.24, 2.45) is 51.8 Å². The van der Waals surface area contributed by atoms with Crippen LogP contribution in [0.2, 0.25) is 0 Å². The predicted molar refractivity (Wildman–Crippen MR) is 191 cm³/mol. The van der Waals surface area contributed by atoms with Crippen molar-refractivity contribution in [1.29, 1.82) is 0 Å². The van der Waals surface area contributed by atoms with Crippen LogP contribution in [-0.2, 0) is 9.53 Å². The molecule has 3 saturated carbocycles. The first-order valence-electron chi connectivity index (χ1n) is 20.5. The molecule has 0 aromatic heterocycles. The molecule has 0 unspecified atom stereocenters. The van der Waals surface area contributed by atoms with Crippen LogP contribution in [0.5, 0.6) is 0 Å². The lowest BCUT2D eigenvalue weighted by atomic mass is 9.47. The van der Waals surface area contributed by atoms with Crippen molar-refractivity contribution in [2.75, 3.05) is 26.2 Å². The fraction of sp³-hybridized carbons (Fsp3) is 0.902. The molecule has 1 aliphatic heterocycles. The Labute approximate surface area is 289 Å². The summed E-state index contributed by atoms with van der Waals surface area (Å²) in [4.78, 5) is 27.2. The molecule has 0 aromatic carbocycles. The Kier molecular flexibility index (Phi) is 11.7. The third-order valence-corrected chi connectivity index (χ3v) is 14.4. The van der Waals surface area contributed by atoms with E-state index in [0.29, 0.717) is 44.3 Å². The van der Waals surface area contributed by atoms with Crippen LogP contribution in [-0.4, -0.2) is 54.4 Å². The number of amides is 2. The van der Waals surface area contributed by atoms with Crippen LogP contribution in [0.4, 0.5) is 4.79 Å². The summed E-state index contributed by atoms with van der Waals surface area (Å²) < 4.78 is 13.7. The van der Waals surface area contributed by atoms with Gasteiger partial charge >= 0.3 is 6.09 Å². The number of alkyl carbamates (subject to hydrolysis) is 1. The number of aliphatic hydroxyl groups is 1. The summed E-state index contributed by atoms with van der Waals surface area (Å²) in [5, 5.41) is 12.6. The molecule has 5 rings (SSSR count). The highest BCUT2D eigenvalue weighted by Crippen LogP contribution is 2.67. The third-order valence-electron chi connectivity index (χ3n) is 14.4. The number of nitrogens with one attached hydrogen (secondary N) is 1. The summed E-state index contributed by atoms with van der Waals surface area (Å²) in [7, 11) is 0. The average molecular weight is 656 g/mol. The largest absolute Gasteiger partial charge is 0.446 e. The molecular formula is C41H70N2O4. The number of carbonyl (C=O) groups is 2. The van der Waals surface area contributed by atoms with Crippen LogP contribution in [0.25, 0.3) is 0 Å². The topological polar surface area (TPSA) is 78.9 Å². The number of piperidine rings is 1. The Balaban J connectivity index is 1.01. The minimum absolute atomic E-state index is 0.0286. The fourth-order valence-electron chi connectivity index (χ4n) is 11.3. The van der Waals surface area contributed by atoms with E-state index in [1.54, 1.807) is 5.57 Å². The number of rotatable bonds is 13. The molecule has 2 N–H and O–H groups in total. The molecule has 0 aromatic rings. The first-order chi connectivity index (χ1) is 22.9. The molecule has 0 radical (unpaired) electrons. The number of nitrogens with zero attached hydrogens (tertiary/aromatic N) is 1. The zero-order chi connectivity index (χ0) is 34.5. The van der Waals surface area contributed by atoms with Crippen LogP contribution >= 0.6 is 0 Å².